The van der Waals surface area contributed by atoms with Crippen LogP contribution in [0.2, 0.25) is 0 Å². The Labute approximate surface area is 110 Å². The molecule has 7 heteroatoms. The van der Waals surface area contributed by atoms with Crippen molar-refractivity contribution in [1.82, 2.24) is 0 Å². The van der Waals surface area contributed by atoms with E-state index in [1.807, 2.05) is 12.5 Å². The fraction of sp³-hybridized carbons (Fsp3) is 0.800. The van der Waals surface area contributed by atoms with Crippen LogP contribution >= 0.6 is 23.5 Å². The maximum atomic E-state index is 11.3. The largest absolute Gasteiger partial charge is 0.390 e. The first-order chi connectivity index (χ1) is 8.02. The number of aliphatic hydroxyl groups excluding tert-OH is 1. The van der Waals surface area contributed by atoms with Gasteiger partial charge in [0, 0.05) is 0 Å². The number of nitrogens with two attached hydrogens (primary N) is 1. The zero-order chi connectivity index (χ0) is 13.3. The van der Waals surface area contributed by atoms with Crippen LogP contribution in [0.4, 0.5) is 0 Å². The first kappa shape index (κ1) is 16.8. The smallest absolute Gasteiger partial charge is 0.342 e. The third-order valence-electron chi connectivity index (χ3n) is 2.00. The summed E-state index contributed by atoms with van der Waals surface area (Å²) in [4.78, 5) is 22.6. The Morgan fingerprint density at radius 2 is 1.71 bits per heavy atom. The number of carbonyl (C=O) groups is 2. The van der Waals surface area contributed by atoms with Crippen molar-refractivity contribution in [3.8, 4) is 0 Å². The van der Waals surface area contributed by atoms with Crippen LogP contribution in [-0.4, -0.2) is 53.2 Å². The molecule has 0 radical (unpaired) electrons. The van der Waals surface area contributed by atoms with E-state index in [0.29, 0.717) is 12.2 Å². The molecule has 0 saturated heterocycles. The lowest BCUT2D eigenvalue weighted by atomic mass is 10.2. The Bertz CT molecular complexity index is 226. The number of hydrogen-bond donors (Lipinski definition) is 2. The van der Waals surface area contributed by atoms with Crippen LogP contribution < -0.4 is 5.73 Å². The molecule has 0 heterocycles. The second-order valence-electron chi connectivity index (χ2n) is 3.43. The summed E-state index contributed by atoms with van der Waals surface area (Å²) in [7, 11) is 0. The van der Waals surface area contributed by atoms with E-state index in [-0.39, 0.29) is 6.42 Å². The molecule has 0 aliphatic heterocycles. The van der Waals surface area contributed by atoms with Crippen molar-refractivity contribution in [3.63, 3.8) is 0 Å². The van der Waals surface area contributed by atoms with Crippen molar-refractivity contribution in [3.05, 3.63) is 0 Å². The van der Waals surface area contributed by atoms with Crippen LogP contribution in [0.25, 0.3) is 0 Å². The Morgan fingerprint density at radius 1 is 1.18 bits per heavy atom. The quantitative estimate of drug-likeness (QED) is 0.487. The minimum Gasteiger partial charge on any atom is -0.390 e. The van der Waals surface area contributed by atoms with Crippen LogP contribution in [0.15, 0.2) is 0 Å². The number of esters is 2. The zero-order valence-corrected chi connectivity index (χ0v) is 11.7. The molecular weight excluding hydrogens is 262 g/mol. The summed E-state index contributed by atoms with van der Waals surface area (Å²) in [6, 6.07) is -0.806. The fourth-order valence-electron chi connectivity index (χ4n) is 0.953. The Kier molecular flexibility index (Phi) is 9.62. The number of hydrogen-bond acceptors (Lipinski definition) is 7. The van der Waals surface area contributed by atoms with E-state index in [1.165, 1.54) is 11.8 Å². The topological polar surface area (TPSA) is 89.6 Å². The van der Waals surface area contributed by atoms with Gasteiger partial charge in [-0.25, -0.2) is 9.59 Å². The van der Waals surface area contributed by atoms with Gasteiger partial charge in [-0.15, -0.1) is 0 Å². The van der Waals surface area contributed by atoms with Gasteiger partial charge in [0.2, 0.25) is 0 Å². The Morgan fingerprint density at radius 3 is 2.24 bits per heavy atom. The molecule has 0 aliphatic rings. The van der Waals surface area contributed by atoms with Gasteiger partial charge in [-0.05, 0) is 36.9 Å². The average molecular weight is 281 g/mol. The van der Waals surface area contributed by atoms with Gasteiger partial charge >= 0.3 is 11.9 Å². The summed E-state index contributed by atoms with van der Waals surface area (Å²) >= 11 is 3.06. The minimum atomic E-state index is -1.25. The molecule has 0 amide bonds. The van der Waals surface area contributed by atoms with Gasteiger partial charge in [-0.1, -0.05) is 0 Å². The Balaban J connectivity index is 3.97. The van der Waals surface area contributed by atoms with E-state index in [9.17, 15) is 14.7 Å². The number of aliphatic hydroxyl groups is 1. The van der Waals surface area contributed by atoms with Crippen molar-refractivity contribution in [2.75, 3.05) is 24.0 Å². The first-order valence-corrected chi connectivity index (χ1v) is 7.98. The van der Waals surface area contributed by atoms with Crippen LogP contribution in [-0.2, 0) is 14.3 Å². The van der Waals surface area contributed by atoms with Gasteiger partial charge in [-0.2, -0.15) is 23.5 Å². The van der Waals surface area contributed by atoms with Crippen LogP contribution in [0, 0.1) is 0 Å². The van der Waals surface area contributed by atoms with E-state index < -0.39 is 24.1 Å². The average Bonchev–Trinajstić information content (AvgIpc) is 2.32. The van der Waals surface area contributed by atoms with Crippen molar-refractivity contribution in [2.24, 2.45) is 5.73 Å². The number of thioether (sulfide) groups is 2. The van der Waals surface area contributed by atoms with E-state index in [0.717, 1.165) is 5.75 Å². The van der Waals surface area contributed by atoms with Gasteiger partial charge < -0.3 is 15.6 Å². The molecule has 0 aromatic heterocycles. The minimum absolute atomic E-state index is 0.271. The number of rotatable bonds is 8. The van der Waals surface area contributed by atoms with E-state index in [4.69, 9.17) is 5.73 Å². The van der Waals surface area contributed by atoms with Gasteiger partial charge in [-0.3, -0.25) is 0 Å². The zero-order valence-electron chi connectivity index (χ0n) is 10.0. The number of ether oxygens (including phenoxy) is 1. The lowest BCUT2D eigenvalue weighted by Crippen LogP contribution is -2.37. The SMILES string of the molecule is CSCCC(O)C(=O)OC(=O)[C@@H](N)CCSC. The van der Waals surface area contributed by atoms with E-state index >= 15 is 0 Å². The molecule has 0 fully saturated rings. The predicted octanol–water partition coefficient (Wildman–Crippen LogP) is 0.251. The molecule has 2 atom stereocenters. The molecule has 0 rings (SSSR count). The summed E-state index contributed by atoms with van der Waals surface area (Å²) in [6.45, 7) is 0. The maximum absolute atomic E-state index is 11.3. The van der Waals surface area contributed by atoms with E-state index in [1.54, 1.807) is 11.8 Å². The molecular formula is C10H19NO4S2. The van der Waals surface area contributed by atoms with Crippen LogP contribution in [0.5, 0.6) is 0 Å². The monoisotopic (exact) mass is 281 g/mol. The highest BCUT2D eigenvalue weighted by Crippen LogP contribution is 2.04. The third-order valence-corrected chi connectivity index (χ3v) is 3.29. The molecule has 0 aromatic carbocycles. The van der Waals surface area contributed by atoms with Gasteiger partial charge in [0.1, 0.15) is 6.04 Å². The first-order valence-electron chi connectivity index (χ1n) is 5.20. The lowest BCUT2D eigenvalue weighted by Gasteiger charge is -2.12. The van der Waals surface area contributed by atoms with Crippen molar-refractivity contribution in [2.45, 2.75) is 25.0 Å². The molecule has 100 valence electrons. The molecule has 0 aliphatic carbocycles. The van der Waals surface area contributed by atoms with Crippen molar-refractivity contribution >= 4 is 35.5 Å². The van der Waals surface area contributed by atoms with Gasteiger partial charge in [0.15, 0.2) is 6.10 Å². The van der Waals surface area contributed by atoms with E-state index in [2.05, 4.69) is 4.74 Å². The Hall–Kier alpha value is -0.240. The normalized spacial score (nSPS) is 14.1. The summed E-state index contributed by atoms with van der Waals surface area (Å²) < 4.78 is 4.50. The molecule has 1 unspecified atom stereocenters. The van der Waals surface area contributed by atoms with Crippen LogP contribution in [0.1, 0.15) is 12.8 Å². The highest BCUT2D eigenvalue weighted by atomic mass is 32.2. The molecule has 3 N–H and O–H groups in total. The maximum Gasteiger partial charge on any atom is 0.342 e. The lowest BCUT2D eigenvalue weighted by molar-refractivity contribution is -0.166. The van der Waals surface area contributed by atoms with Crippen molar-refractivity contribution < 1.29 is 19.4 Å². The van der Waals surface area contributed by atoms with Gasteiger partial charge in [0.05, 0.1) is 0 Å². The van der Waals surface area contributed by atoms with Crippen molar-refractivity contribution in [1.29, 1.82) is 0 Å². The highest BCUT2D eigenvalue weighted by Gasteiger charge is 2.23. The molecule has 0 spiro atoms. The summed E-state index contributed by atoms with van der Waals surface area (Å²) in [5.41, 5.74) is 5.53. The molecule has 0 aromatic rings. The standard InChI is InChI=1S/C10H19NO4S2/c1-16-5-3-7(11)9(13)15-10(14)8(12)4-6-17-2/h7-8,12H,3-6,11H2,1-2H3/t7-,8?/m0/s1. The second kappa shape index (κ2) is 9.76. The third kappa shape index (κ3) is 7.64. The predicted molar refractivity (Wildman–Crippen MR) is 71.1 cm³/mol. The summed E-state index contributed by atoms with van der Waals surface area (Å²) in [5, 5.41) is 9.37. The highest BCUT2D eigenvalue weighted by molar-refractivity contribution is 7.98. The summed E-state index contributed by atoms with van der Waals surface area (Å²) in [5.74, 6) is -0.335. The molecule has 0 saturated carbocycles. The van der Waals surface area contributed by atoms with Crippen LogP contribution in [0.3, 0.4) is 0 Å². The molecule has 0 bridgehead atoms. The number of carbonyl (C=O) groups excluding carboxylic acids is 2. The molecule has 17 heavy (non-hydrogen) atoms. The fourth-order valence-corrected chi connectivity index (χ4v) is 1.90. The second-order valence-corrected chi connectivity index (χ2v) is 5.40. The molecule has 5 nitrogen and oxygen atoms in total. The van der Waals surface area contributed by atoms with Gasteiger partial charge in [0.25, 0.3) is 0 Å². The summed E-state index contributed by atoms with van der Waals surface area (Å²) in [6.07, 6.45) is 3.23.